The van der Waals surface area contributed by atoms with E-state index in [1.165, 1.54) is 0 Å². The molecule has 0 aliphatic heterocycles. The highest BCUT2D eigenvalue weighted by Gasteiger charge is 2.08. The number of nitrogens with one attached hydrogen (secondary N) is 1. The van der Waals surface area contributed by atoms with E-state index in [4.69, 9.17) is 4.52 Å². The summed E-state index contributed by atoms with van der Waals surface area (Å²) in [6.45, 7) is 9.24. The molecule has 1 rings (SSSR count). The Morgan fingerprint density at radius 1 is 1.29 bits per heavy atom. The SMILES string of the molecule is CC(C)NCCc1nc(C(C)C)no1. The molecule has 0 aliphatic rings. The van der Waals surface area contributed by atoms with Crippen molar-refractivity contribution >= 4 is 0 Å². The molecule has 0 atom stereocenters. The summed E-state index contributed by atoms with van der Waals surface area (Å²) in [5.74, 6) is 1.86. The van der Waals surface area contributed by atoms with Crippen molar-refractivity contribution in [3.05, 3.63) is 11.7 Å². The monoisotopic (exact) mass is 197 g/mol. The maximum absolute atomic E-state index is 5.11. The van der Waals surface area contributed by atoms with E-state index in [0.717, 1.165) is 24.7 Å². The highest BCUT2D eigenvalue weighted by Crippen LogP contribution is 2.09. The van der Waals surface area contributed by atoms with Crippen LogP contribution in [-0.4, -0.2) is 22.7 Å². The molecule has 4 nitrogen and oxygen atoms in total. The highest BCUT2D eigenvalue weighted by molar-refractivity contribution is 4.91. The van der Waals surface area contributed by atoms with Crippen LogP contribution >= 0.6 is 0 Å². The largest absolute Gasteiger partial charge is 0.339 e. The molecule has 14 heavy (non-hydrogen) atoms. The Hall–Kier alpha value is -0.900. The van der Waals surface area contributed by atoms with E-state index in [9.17, 15) is 0 Å². The second kappa shape index (κ2) is 5.10. The van der Waals surface area contributed by atoms with Crippen LogP contribution in [0.5, 0.6) is 0 Å². The molecule has 0 spiro atoms. The molecule has 1 aromatic rings. The second-order valence-corrected chi connectivity index (χ2v) is 4.06. The molecular formula is C10H19N3O. The minimum atomic E-state index is 0.338. The molecule has 0 fully saturated rings. The van der Waals surface area contributed by atoms with Crippen LogP contribution in [0.15, 0.2) is 4.52 Å². The molecule has 0 saturated heterocycles. The Kier molecular flexibility index (Phi) is 4.07. The minimum absolute atomic E-state index is 0.338. The van der Waals surface area contributed by atoms with Gasteiger partial charge in [0.15, 0.2) is 5.82 Å². The van der Waals surface area contributed by atoms with Gasteiger partial charge in [0.05, 0.1) is 0 Å². The Labute approximate surface area is 85.1 Å². The predicted molar refractivity (Wildman–Crippen MR) is 55.2 cm³/mol. The lowest BCUT2D eigenvalue weighted by atomic mass is 10.2. The Morgan fingerprint density at radius 2 is 2.00 bits per heavy atom. The summed E-state index contributed by atoms with van der Waals surface area (Å²) < 4.78 is 5.11. The number of nitrogens with zero attached hydrogens (tertiary/aromatic N) is 2. The van der Waals surface area contributed by atoms with Crippen molar-refractivity contribution in [2.24, 2.45) is 0 Å². The summed E-state index contributed by atoms with van der Waals surface area (Å²) in [6, 6.07) is 0.502. The van der Waals surface area contributed by atoms with Gasteiger partial charge in [-0.25, -0.2) is 0 Å². The Balaban J connectivity index is 2.36. The van der Waals surface area contributed by atoms with Crippen LogP contribution < -0.4 is 5.32 Å². The van der Waals surface area contributed by atoms with Crippen LogP contribution in [-0.2, 0) is 6.42 Å². The summed E-state index contributed by atoms with van der Waals surface area (Å²) in [4.78, 5) is 4.29. The molecule has 0 amide bonds. The molecule has 1 aromatic heterocycles. The van der Waals surface area contributed by atoms with Crippen LogP contribution in [0.4, 0.5) is 0 Å². The molecule has 0 aromatic carbocycles. The Bertz CT molecular complexity index is 268. The predicted octanol–water partition coefficient (Wildman–Crippen LogP) is 1.73. The average Bonchev–Trinajstić information content (AvgIpc) is 2.52. The lowest BCUT2D eigenvalue weighted by Gasteiger charge is -2.04. The summed E-state index contributed by atoms with van der Waals surface area (Å²) in [5.41, 5.74) is 0. The number of rotatable bonds is 5. The molecule has 0 radical (unpaired) electrons. The van der Waals surface area contributed by atoms with Crippen LogP contribution in [0.25, 0.3) is 0 Å². The maximum atomic E-state index is 5.11. The van der Waals surface area contributed by atoms with Gasteiger partial charge in [-0.05, 0) is 0 Å². The summed E-state index contributed by atoms with van der Waals surface area (Å²) in [7, 11) is 0. The van der Waals surface area contributed by atoms with Gasteiger partial charge in [-0.1, -0.05) is 32.9 Å². The first-order chi connectivity index (χ1) is 6.59. The lowest BCUT2D eigenvalue weighted by molar-refractivity contribution is 0.367. The van der Waals surface area contributed by atoms with Crippen molar-refractivity contribution in [2.45, 2.75) is 46.1 Å². The highest BCUT2D eigenvalue weighted by atomic mass is 16.5. The van der Waals surface area contributed by atoms with Gasteiger partial charge in [0, 0.05) is 24.9 Å². The fourth-order valence-corrected chi connectivity index (χ4v) is 1.07. The van der Waals surface area contributed by atoms with E-state index in [2.05, 4.69) is 43.2 Å². The average molecular weight is 197 g/mol. The van der Waals surface area contributed by atoms with Crippen LogP contribution in [0.3, 0.4) is 0 Å². The first-order valence-corrected chi connectivity index (χ1v) is 5.15. The fourth-order valence-electron chi connectivity index (χ4n) is 1.07. The number of hydrogen-bond acceptors (Lipinski definition) is 4. The lowest BCUT2D eigenvalue weighted by Crippen LogP contribution is -2.25. The quantitative estimate of drug-likeness (QED) is 0.781. The van der Waals surface area contributed by atoms with Crippen molar-refractivity contribution in [2.75, 3.05) is 6.54 Å². The molecule has 0 unspecified atom stereocenters. The smallest absolute Gasteiger partial charge is 0.227 e. The third kappa shape index (κ3) is 3.46. The van der Waals surface area contributed by atoms with Crippen molar-refractivity contribution in [3.8, 4) is 0 Å². The molecule has 0 saturated carbocycles. The van der Waals surface area contributed by atoms with Gasteiger partial charge in [0.25, 0.3) is 0 Å². The fraction of sp³-hybridized carbons (Fsp3) is 0.800. The summed E-state index contributed by atoms with van der Waals surface area (Å²) in [5, 5.41) is 7.20. The molecule has 0 aliphatic carbocycles. The molecule has 0 bridgehead atoms. The van der Waals surface area contributed by atoms with Crippen molar-refractivity contribution in [1.29, 1.82) is 0 Å². The van der Waals surface area contributed by atoms with Crippen LogP contribution in [0, 0.1) is 0 Å². The van der Waals surface area contributed by atoms with Crippen LogP contribution in [0.2, 0.25) is 0 Å². The zero-order valence-corrected chi connectivity index (χ0v) is 9.37. The first kappa shape index (κ1) is 11.2. The first-order valence-electron chi connectivity index (χ1n) is 5.15. The van der Waals surface area contributed by atoms with Gasteiger partial charge in [-0.15, -0.1) is 0 Å². The maximum Gasteiger partial charge on any atom is 0.227 e. The zero-order chi connectivity index (χ0) is 10.6. The van der Waals surface area contributed by atoms with E-state index in [0.29, 0.717) is 12.0 Å². The van der Waals surface area contributed by atoms with Gasteiger partial charge in [0.1, 0.15) is 0 Å². The van der Waals surface area contributed by atoms with Gasteiger partial charge in [-0.3, -0.25) is 0 Å². The van der Waals surface area contributed by atoms with Crippen molar-refractivity contribution in [1.82, 2.24) is 15.5 Å². The van der Waals surface area contributed by atoms with Gasteiger partial charge < -0.3 is 9.84 Å². The third-order valence-corrected chi connectivity index (χ3v) is 1.89. The second-order valence-electron chi connectivity index (χ2n) is 4.06. The van der Waals surface area contributed by atoms with Gasteiger partial charge in [-0.2, -0.15) is 4.98 Å². The van der Waals surface area contributed by atoms with E-state index in [-0.39, 0.29) is 0 Å². The summed E-state index contributed by atoms with van der Waals surface area (Å²) >= 11 is 0. The molecule has 1 heterocycles. The number of hydrogen-bond donors (Lipinski definition) is 1. The van der Waals surface area contributed by atoms with E-state index >= 15 is 0 Å². The van der Waals surface area contributed by atoms with E-state index in [1.54, 1.807) is 0 Å². The van der Waals surface area contributed by atoms with E-state index in [1.807, 2.05) is 0 Å². The summed E-state index contributed by atoms with van der Waals surface area (Å²) in [6.07, 6.45) is 0.803. The zero-order valence-electron chi connectivity index (χ0n) is 9.37. The molecule has 80 valence electrons. The standard InChI is InChI=1S/C10H19N3O/c1-7(2)10-12-9(14-13-10)5-6-11-8(3)4/h7-8,11H,5-6H2,1-4H3. The van der Waals surface area contributed by atoms with Gasteiger partial charge >= 0.3 is 0 Å². The third-order valence-electron chi connectivity index (χ3n) is 1.89. The molecular weight excluding hydrogens is 178 g/mol. The minimum Gasteiger partial charge on any atom is -0.339 e. The van der Waals surface area contributed by atoms with E-state index < -0.39 is 0 Å². The number of aromatic nitrogens is 2. The molecule has 4 heteroatoms. The van der Waals surface area contributed by atoms with Crippen molar-refractivity contribution < 1.29 is 4.52 Å². The van der Waals surface area contributed by atoms with Gasteiger partial charge in [0.2, 0.25) is 5.89 Å². The van der Waals surface area contributed by atoms with Crippen LogP contribution in [0.1, 0.15) is 45.3 Å². The normalized spacial score (nSPS) is 11.6. The topological polar surface area (TPSA) is 51.0 Å². The van der Waals surface area contributed by atoms with Crippen molar-refractivity contribution in [3.63, 3.8) is 0 Å². The Morgan fingerprint density at radius 3 is 2.50 bits per heavy atom. The molecule has 1 N–H and O–H groups in total.